The Morgan fingerprint density at radius 3 is 2.14 bits per heavy atom. The lowest BCUT2D eigenvalue weighted by Crippen LogP contribution is -2.44. The molecule has 1 saturated heterocycles. The smallest absolute Gasteiger partial charge is 0.369 e. The maximum Gasteiger partial charge on any atom is 0.416 e. The number of alkyl halides is 3. The highest BCUT2D eigenvalue weighted by atomic mass is 35.5. The summed E-state index contributed by atoms with van der Waals surface area (Å²) in [5, 5.41) is 0. The van der Waals surface area contributed by atoms with Gasteiger partial charge in [0.05, 0.1) is 5.56 Å². The third kappa shape index (κ3) is 4.92. The zero-order chi connectivity index (χ0) is 14.0. The summed E-state index contributed by atoms with van der Waals surface area (Å²) < 4.78 is 38.0. The van der Waals surface area contributed by atoms with Gasteiger partial charge in [-0.25, -0.2) is 0 Å². The van der Waals surface area contributed by atoms with Gasteiger partial charge in [0.1, 0.15) is 0 Å². The SMILES string of the molecule is CN1CCN(c2ccc(C(F)(F)F)cc2CN)CC1.Cl.Cl. The Hall–Kier alpha value is -0.690. The molecule has 1 aliphatic heterocycles. The normalized spacial score (nSPS) is 16.1. The van der Waals surface area contributed by atoms with Crippen LogP contribution in [-0.2, 0) is 12.7 Å². The van der Waals surface area contributed by atoms with Gasteiger partial charge in [0.2, 0.25) is 0 Å². The molecule has 21 heavy (non-hydrogen) atoms. The van der Waals surface area contributed by atoms with E-state index in [0.29, 0.717) is 5.56 Å². The average Bonchev–Trinajstić information content (AvgIpc) is 2.38. The molecule has 0 unspecified atom stereocenters. The van der Waals surface area contributed by atoms with Crippen LogP contribution in [0.3, 0.4) is 0 Å². The second-order valence-electron chi connectivity index (χ2n) is 4.84. The molecule has 1 aliphatic rings. The number of nitrogens with zero attached hydrogens (tertiary/aromatic N) is 2. The molecule has 0 saturated carbocycles. The molecule has 1 fully saturated rings. The van der Waals surface area contributed by atoms with Crippen molar-refractivity contribution in [1.29, 1.82) is 0 Å². The number of piperazine rings is 1. The molecule has 0 atom stereocenters. The quantitative estimate of drug-likeness (QED) is 0.894. The molecule has 8 heteroatoms. The first kappa shape index (κ1) is 20.3. The highest BCUT2D eigenvalue weighted by Gasteiger charge is 2.31. The van der Waals surface area contributed by atoms with Gasteiger partial charge in [0.15, 0.2) is 0 Å². The number of hydrogen-bond donors (Lipinski definition) is 1. The van der Waals surface area contributed by atoms with Crippen LogP contribution in [-0.4, -0.2) is 38.1 Å². The van der Waals surface area contributed by atoms with E-state index >= 15 is 0 Å². The van der Waals surface area contributed by atoms with Crippen molar-refractivity contribution in [2.75, 3.05) is 38.1 Å². The molecule has 3 nitrogen and oxygen atoms in total. The molecule has 0 bridgehead atoms. The van der Waals surface area contributed by atoms with Gasteiger partial charge in [-0.05, 0) is 30.8 Å². The minimum atomic E-state index is -4.31. The van der Waals surface area contributed by atoms with E-state index in [-0.39, 0.29) is 31.4 Å². The first-order valence-corrected chi connectivity index (χ1v) is 6.25. The number of likely N-dealkylation sites (N-methyl/N-ethyl adjacent to an activating group) is 1. The Labute approximate surface area is 135 Å². The summed E-state index contributed by atoms with van der Waals surface area (Å²) in [5.74, 6) is 0. The minimum absolute atomic E-state index is 0. The van der Waals surface area contributed by atoms with Crippen molar-refractivity contribution in [2.45, 2.75) is 12.7 Å². The van der Waals surface area contributed by atoms with Gasteiger partial charge >= 0.3 is 6.18 Å². The Bertz CT molecular complexity index is 447. The summed E-state index contributed by atoms with van der Waals surface area (Å²) >= 11 is 0. The van der Waals surface area contributed by atoms with E-state index in [0.717, 1.165) is 44.0 Å². The Balaban J connectivity index is 0.00000200. The summed E-state index contributed by atoms with van der Waals surface area (Å²) in [6.07, 6.45) is -4.31. The van der Waals surface area contributed by atoms with Crippen LogP contribution in [0.5, 0.6) is 0 Å². The monoisotopic (exact) mass is 345 g/mol. The minimum Gasteiger partial charge on any atom is -0.369 e. The topological polar surface area (TPSA) is 32.5 Å². The van der Waals surface area contributed by atoms with E-state index < -0.39 is 11.7 Å². The van der Waals surface area contributed by atoms with Crippen molar-refractivity contribution in [2.24, 2.45) is 5.73 Å². The lowest BCUT2D eigenvalue weighted by Gasteiger charge is -2.35. The fraction of sp³-hybridized carbons (Fsp3) is 0.538. The molecule has 1 aromatic carbocycles. The van der Waals surface area contributed by atoms with Crippen LogP contribution in [0.2, 0.25) is 0 Å². The Kier molecular flexibility index (Phi) is 7.81. The fourth-order valence-electron chi connectivity index (χ4n) is 2.28. The first-order valence-electron chi connectivity index (χ1n) is 6.25. The number of halogens is 5. The zero-order valence-corrected chi connectivity index (χ0v) is 13.3. The summed E-state index contributed by atoms with van der Waals surface area (Å²) in [7, 11) is 2.04. The van der Waals surface area contributed by atoms with Crippen LogP contribution in [0.15, 0.2) is 18.2 Å². The van der Waals surface area contributed by atoms with Crippen LogP contribution >= 0.6 is 24.8 Å². The first-order chi connectivity index (χ1) is 8.91. The van der Waals surface area contributed by atoms with E-state index in [1.807, 2.05) is 7.05 Å². The van der Waals surface area contributed by atoms with Crippen LogP contribution in [0.25, 0.3) is 0 Å². The zero-order valence-electron chi connectivity index (χ0n) is 11.7. The molecule has 1 heterocycles. The summed E-state index contributed by atoms with van der Waals surface area (Å²) in [6.45, 7) is 3.56. The third-order valence-electron chi connectivity index (χ3n) is 3.47. The van der Waals surface area contributed by atoms with Crippen molar-refractivity contribution in [1.82, 2.24) is 4.90 Å². The number of benzene rings is 1. The van der Waals surface area contributed by atoms with Gasteiger partial charge in [-0.3, -0.25) is 0 Å². The maximum atomic E-state index is 12.7. The second kappa shape index (κ2) is 8.08. The van der Waals surface area contributed by atoms with Gasteiger partial charge in [0, 0.05) is 38.4 Å². The summed E-state index contributed by atoms with van der Waals surface area (Å²) in [4.78, 5) is 4.30. The fourth-order valence-corrected chi connectivity index (χ4v) is 2.28. The molecule has 0 spiro atoms. The lowest BCUT2D eigenvalue weighted by molar-refractivity contribution is -0.137. The van der Waals surface area contributed by atoms with Gasteiger partial charge in [-0.15, -0.1) is 24.8 Å². The molecule has 0 amide bonds. The maximum absolute atomic E-state index is 12.7. The Morgan fingerprint density at radius 2 is 1.67 bits per heavy atom. The van der Waals surface area contributed by atoms with Crippen molar-refractivity contribution in [3.63, 3.8) is 0 Å². The molecule has 2 N–H and O–H groups in total. The number of anilines is 1. The highest BCUT2D eigenvalue weighted by molar-refractivity contribution is 5.85. The van der Waals surface area contributed by atoms with Crippen molar-refractivity contribution < 1.29 is 13.2 Å². The molecule has 0 radical (unpaired) electrons. The standard InChI is InChI=1S/C13H18F3N3.2ClH/c1-18-4-6-19(7-5-18)12-3-2-11(13(14,15)16)8-10(12)9-17;;/h2-3,8H,4-7,9,17H2,1H3;2*1H. The van der Waals surface area contributed by atoms with E-state index in [9.17, 15) is 13.2 Å². The van der Waals surface area contributed by atoms with Crippen molar-refractivity contribution >= 4 is 30.5 Å². The third-order valence-corrected chi connectivity index (χ3v) is 3.47. The molecule has 2 rings (SSSR count). The molecule has 1 aromatic rings. The van der Waals surface area contributed by atoms with Gasteiger partial charge < -0.3 is 15.5 Å². The molecule has 122 valence electrons. The molecule has 0 aliphatic carbocycles. The van der Waals surface area contributed by atoms with Crippen LogP contribution in [0.1, 0.15) is 11.1 Å². The van der Waals surface area contributed by atoms with Crippen LogP contribution in [0, 0.1) is 0 Å². The molecule has 0 aromatic heterocycles. The Morgan fingerprint density at radius 1 is 1.10 bits per heavy atom. The summed E-state index contributed by atoms with van der Waals surface area (Å²) in [5.41, 5.74) is 6.34. The molecular formula is C13H20Cl2F3N3. The predicted octanol–water partition coefficient (Wildman–Crippen LogP) is 2.76. The van der Waals surface area contributed by atoms with E-state index in [2.05, 4.69) is 9.80 Å². The van der Waals surface area contributed by atoms with E-state index in [1.54, 1.807) is 0 Å². The van der Waals surface area contributed by atoms with Crippen molar-refractivity contribution in [3.8, 4) is 0 Å². The van der Waals surface area contributed by atoms with Crippen LogP contribution < -0.4 is 10.6 Å². The van der Waals surface area contributed by atoms with Crippen molar-refractivity contribution in [3.05, 3.63) is 29.3 Å². The van der Waals surface area contributed by atoms with Gasteiger partial charge in [0.25, 0.3) is 0 Å². The van der Waals surface area contributed by atoms with Crippen LogP contribution in [0.4, 0.5) is 18.9 Å². The lowest BCUT2D eigenvalue weighted by atomic mass is 10.1. The largest absolute Gasteiger partial charge is 0.416 e. The predicted molar refractivity (Wildman–Crippen MR) is 83.5 cm³/mol. The van der Waals surface area contributed by atoms with Gasteiger partial charge in [-0.2, -0.15) is 13.2 Å². The van der Waals surface area contributed by atoms with E-state index in [4.69, 9.17) is 5.73 Å². The highest BCUT2D eigenvalue weighted by Crippen LogP contribution is 2.33. The van der Waals surface area contributed by atoms with E-state index in [1.165, 1.54) is 6.07 Å². The second-order valence-corrected chi connectivity index (χ2v) is 4.84. The molecular weight excluding hydrogens is 326 g/mol. The number of nitrogens with two attached hydrogens (primary N) is 1. The average molecular weight is 346 g/mol. The summed E-state index contributed by atoms with van der Waals surface area (Å²) in [6, 6.07) is 3.83. The number of rotatable bonds is 2. The number of hydrogen-bond acceptors (Lipinski definition) is 3. The van der Waals surface area contributed by atoms with Gasteiger partial charge in [-0.1, -0.05) is 0 Å².